The number of hydrogen-bond donors (Lipinski definition) is 1. The number of hydrogen-bond acceptors (Lipinski definition) is 4. The summed E-state index contributed by atoms with van der Waals surface area (Å²) in [6, 6.07) is 5.82. The highest BCUT2D eigenvalue weighted by atomic mass is 32.1. The van der Waals surface area contributed by atoms with Crippen LogP contribution >= 0.6 is 11.3 Å². The van der Waals surface area contributed by atoms with E-state index in [0.29, 0.717) is 0 Å². The largest absolute Gasteiger partial charge is 0.399 e. The van der Waals surface area contributed by atoms with Crippen LogP contribution < -0.4 is 5.73 Å². The predicted octanol–water partition coefficient (Wildman–Crippen LogP) is 1.53. The lowest BCUT2D eigenvalue weighted by Crippen LogP contribution is -1.83. The number of nitrogens with zero attached hydrogens (tertiary/aromatic N) is 3. The molecule has 0 atom stereocenters. The van der Waals surface area contributed by atoms with Gasteiger partial charge in [-0.3, -0.25) is 4.40 Å². The maximum atomic E-state index is 5.68. The molecule has 4 nitrogen and oxygen atoms in total. The Balaban J connectivity index is 2.59. The standard InChI is InChI=1S/C8H6N4S/c9-5-1-2-6-7(3-5)13-8-11-10-4-12(6)8/h1-4H,9H2. The van der Waals surface area contributed by atoms with Crippen LogP contribution in [0.3, 0.4) is 0 Å². The number of rotatable bonds is 0. The van der Waals surface area contributed by atoms with Crippen LogP contribution in [0.1, 0.15) is 0 Å². The van der Waals surface area contributed by atoms with E-state index < -0.39 is 0 Å². The summed E-state index contributed by atoms with van der Waals surface area (Å²) in [5, 5.41) is 7.80. The van der Waals surface area contributed by atoms with Gasteiger partial charge in [-0.05, 0) is 18.2 Å². The first-order valence-electron chi connectivity index (χ1n) is 3.82. The highest BCUT2D eigenvalue weighted by molar-refractivity contribution is 7.23. The zero-order valence-electron chi connectivity index (χ0n) is 6.64. The zero-order valence-corrected chi connectivity index (χ0v) is 7.45. The quantitative estimate of drug-likeness (QED) is 0.547. The molecule has 0 aliphatic heterocycles. The van der Waals surface area contributed by atoms with Gasteiger partial charge in [-0.25, -0.2) is 0 Å². The zero-order chi connectivity index (χ0) is 8.84. The number of fused-ring (bicyclic) bond motifs is 3. The fourth-order valence-electron chi connectivity index (χ4n) is 1.37. The molecule has 0 aliphatic rings. The molecule has 64 valence electrons. The number of aromatic nitrogens is 3. The first-order valence-corrected chi connectivity index (χ1v) is 4.64. The fraction of sp³-hybridized carbons (Fsp3) is 0. The summed E-state index contributed by atoms with van der Waals surface area (Å²) in [5.41, 5.74) is 7.57. The monoisotopic (exact) mass is 190 g/mol. The first kappa shape index (κ1) is 6.85. The molecule has 2 aromatic heterocycles. The lowest BCUT2D eigenvalue weighted by Gasteiger charge is -1.91. The van der Waals surface area contributed by atoms with E-state index in [4.69, 9.17) is 5.73 Å². The highest BCUT2D eigenvalue weighted by Crippen LogP contribution is 2.26. The van der Waals surface area contributed by atoms with Crippen LogP contribution in [-0.4, -0.2) is 14.6 Å². The Kier molecular flexibility index (Phi) is 1.16. The predicted molar refractivity (Wildman–Crippen MR) is 52.8 cm³/mol. The van der Waals surface area contributed by atoms with E-state index in [2.05, 4.69) is 10.2 Å². The van der Waals surface area contributed by atoms with Gasteiger partial charge in [-0.15, -0.1) is 10.2 Å². The second-order valence-corrected chi connectivity index (χ2v) is 3.82. The molecule has 0 bridgehead atoms. The van der Waals surface area contributed by atoms with E-state index in [-0.39, 0.29) is 0 Å². The van der Waals surface area contributed by atoms with E-state index in [1.165, 1.54) is 0 Å². The third-order valence-electron chi connectivity index (χ3n) is 1.96. The number of nitrogen functional groups attached to an aromatic ring is 1. The summed E-state index contributed by atoms with van der Waals surface area (Å²) >= 11 is 1.59. The average Bonchev–Trinajstić information content (AvgIpc) is 2.62. The molecule has 1 aromatic carbocycles. The lowest BCUT2D eigenvalue weighted by atomic mass is 10.3. The van der Waals surface area contributed by atoms with E-state index in [0.717, 1.165) is 20.9 Å². The van der Waals surface area contributed by atoms with Crippen molar-refractivity contribution in [2.24, 2.45) is 0 Å². The van der Waals surface area contributed by atoms with Crippen molar-refractivity contribution in [2.75, 3.05) is 5.73 Å². The van der Waals surface area contributed by atoms with Crippen LogP contribution in [0.2, 0.25) is 0 Å². The third kappa shape index (κ3) is 0.844. The molecule has 0 fully saturated rings. The Morgan fingerprint density at radius 3 is 3.23 bits per heavy atom. The summed E-state index contributed by atoms with van der Waals surface area (Å²) in [6.07, 6.45) is 1.71. The molecule has 0 amide bonds. The van der Waals surface area contributed by atoms with Crippen molar-refractivity contribution >= 4 is 32.2 Å². The van der Waals surface area contributed by atoms with Gasteiger partial charge in [0.1, 0.15) is 6.33 Å². The molecule has 2 N–H and O–H groups in total. The number of anilines is 1. The van der Waals surface area contributed by atoms with Crippen LogP contribution in [0.4, 0.5) is 5.69 Å². The van der Waals surface area contributed by atoms with Crippen LogP contribution in [0.5, 0.6) is 0 Å². The van der Waals surface area contributed by atoms with Crippen molar-refractivity contribution in [3.63, 3.8) is 0 Å². The Labute approximate surface area is 77.6 Å². The van der Waals surface area contributed by atoms with Gasteiger partial charge < -0.3 is 5.73 Å². The molecular weight excluding hydrogens is 184 g/mol. The van der Waals surface area contributed by atoms with Crippen molar-refractivity contribution in [1.29, 1.82) is 0 Å². The normalized spacial score (nSPS) is 11.4. The maximum Gasteiger partial charge on any atom is 0.217 e. The van der Waals surface area contributed by atoms with Gasteiger partial charge in [0.2, 0.25) is 4.96 Å². The summed E-state index contributed by atoms with van der Waals surface area (Å²) in [6.45, 7) is 0. The lowest BCUT2D eigenvalue weighted by molar-refractivity contribution is 1.11. The summed E-state index contributed by atoms with van der Waals surface area (Å²) in [4.78, 5) is 0.903. The second-order valence-electron chi connectivity index (χ2n) is 2.81. The van der Waals surface area contributed by atoms with Crippen molar-refractivity contribution in [2.45, 2.75) is 0 Å². The molecule has 3 rings (SSSR count). The Bertz CT molecular complexity index is 580. The molecule has 0 radical (unpaired) electrons. The molecule has 13 heavy (non-hydrogen) atoms. The maximum absolute atomic E-state index is 5.68. The summed E-state index contributed by atoms with van der Waals surface area (Å²) < 4.78 is 3.10. The van der Waals surface area contributed by atoms with E-state index in [9.17, 15) is 0 Å². The number of thiazole rings is 1. The van der Waals surface area contributed by atoms with Gasteiger partial charge >= 0.3 is 0 Å². The Hall–Kier alpha value is -1.62. The first-order chi connectivity index (χ1) is 6.34. The Morgan fingerprint density at radius 1 is 1.38 bits per heavy atom. The van der Waals surface area contributed by atoms with Crippen molar-refractivity contribution in [1.82, 2.24) is 14.6 Å². The smallest absolute Gasteiger partial charge is 0.217 e. The molecule has 0 unspecified atom stereocenters. The van der Waals surface area contributed by atoms with Crippen LogP contribution in [0, 0.1) is 0 Å². The molecule has 0 aliphatic carbocycles. The minimum Gasteiger partial charge on any atom is -0.399 e. The van der Waals surface area contributed by atoms with Crippen molar-refractivity contribution in [3.05, 3.63) is 24.5 Å². The second kappa shape index (κ2) is 2.20. The minimum atomic E-state index is 0.782. The van der Waals surface area contributed by atoms with Gasteiger partial charge in [0, 0.05) is 5.69 Å². The van der Waals surface area contributed by atoms with Gasteiger partial charge in [0.25, 0.3) is 0 Å². The minimum absolute atomic E-state index is 0.782. The van der Waals surface area contributed by atoms with E-state index >= 15 is 0 Å². The van der Waals surface area contributed by atoms with Gasteiger partial charge in [0.15, 0.2) is 0 Å². The molecule has 2 heterocycles. The Morgan fingerprint density at radius 2 is 2.31 bits per heavy atom. The van der Waals surface area contributed by atoms with Crippen molar-refractivity contribution in [3.8, 4) is 0 Å². The average molecular weight is 190 g/mol. The highest BCUT2D eigenvalue weighted by Gasteiger charge is 2.04. The molecule has 0 saturated carbocycles. The van der Waals surface area contributed by atoms with Crippen molar-refractivity contribution < 1.29 is 0 Å². The van der Waals surface area contributed by atoms with Crippen LogP contribution in [0.15, 0.2) is 24.5 Å². The van der Waals surface area contributed by atoms with E-state index in [1.54, 1.807) is 17.7 Å². The van der Waals surface area contributed by atoms with Gasteiger partial charge in [0.05, 0.1) is 10.2 Å². The molecule has 0 spiro atoms. The topological polar surface area (TPSA) is 56.2 Å². The molecule has 5 heteroatoms. The van der Waals surface area contributed by atoms with Crippen LogP contribution in [-0.2, 0) is 0 Å². The molecule has 0 saturated heterocycles. The number of nitrogens with two attached hydrogens (primary N) is 1. The third-order valence-corrected chi connectivity index (χ3v) is 2.97. The fourth-order valence-corrected chi connectivity index (χ4v) is 2.36. The van der Waals surface area contributed by atoms with Gasteiger partial charge in [-0.2, -0.15) is 0 Å². The molecule has 3 aromatic rings. The number of benzene rings is 1. The van der Waals surface area contributed by atoms with Crippen LogP contribution in [0.25, 0.3) is 15.2 Å². The molecular formula is C8H6N4S. The van der Waals surface area contributed by atoms with E-state index in [1.807, 2.05) is 22.6 Å². The summed E-state index contributed by atoms with van der Waals surface area (Å²) in [7, 11) is 0. The van der Waals surface area contributed by atoms with Gasteiger partial charge in [-0.1, -0.05) is 11.3 Å². The SMILES string of the molecule is Nc1ccc2c(c1)sc1nncn12. The summed E-state index contributed by atoms with van der Waals surface area (Å²) in [5.74, 6) is 0.